The molecule has 1 aromatic heterocycles. The van der Waals surface area contributed by atoms with Crippen molar-refractivity contribution < 1.29 is 18.9 Å². The fourth-order valence-electron chi connectivity index (χ4n) is 6.15. The molecular weight excluding hydrogens is 675 g/mol. The van der Waals surface area contributed by atoms with E-state index < -0.39 is 18.7 Å². The normalized spacial score (nSPS) is 15.9. The van der Waals surface area contributed by atoms with Gasteiger partial charge in [-0.05, 0) is 90.1 Å². The summed E-state index contributed by atoms with van der Waals surface area (Å²) in [5, 5.41) is 10.4. The molecule has 0 bridgehead atoms. The fraction of sp³-hybridized carbons (Fsp3) is 0.444. The number of halogens is 1. The van der Waals surface area contributed by atoms with Gasteiger partial charge in [0.25, 0.3) is 5.91 Å². The van der Waals surface area contributed by atoms with Gasteiger partial charge in [-0.3, -0.25) is 9.69 Å². The van der Waals surface area contributed by atoms with Crippen LogP contribution in [-0.4, -0.2) is 96.0 Å². The van der Waals surface area contributed by atoms with Crippen molar-refractivity contribution in [2.24, 2.45) is 0 Å². The van der Waals surface area contributed by atoms with E-state index in [2.05, 4.69) is 47.6 Å². The summed E-state index contributed by atoms with van der Waals surface area (Å²) < 4.78 is 18.4. The molecule has 2 saturated heterocycles. The van der Waals surface area contributed by atoms with Crippen molar-refractivity contribution in [1.82, 2.24) is 19.8 Å². The molecule has 0 radical (unpaired) electrons. The molecule has 0 saturated carbocycles. The average Bonchev–Trinajstić information content (AvgIpc) is 3.06. The van der Waals surface area contributed by atoms with Crippen molar-refractivity contribution in [3.8, 4) is 11.8 Å². The van der Waals surface area contributed by atoms with Crippen LogP contribution >= 0.6 is 18.7 Å². The van der Waals surface area contributed by atoms with Gasteiger partial charge in [-0.15, -0.1) is 0 Å². The van der Waals surface area contributed by atoms with Gasteiger partial charge in [0, 0.05) is 56.3 Å². The van der Waals surface area contributed by atoms with Gasteiger partial charge in [0.05, 0.1) is 23.3 Å². The van der Waals surface area contributed by atoms with Crippen LogP contribution in [0.5, 0.6) is 0 Å². The monoisotopic (exact) mass is 720 g/mol. The minimum Gasteiger partial charge on any atom is -0.444 e. The number of nitrogens with one attached hydrogen (secondary N) is 3. The van der Waals surface area contributed by atoms with Crippen molar-refractivity contribution in [3.05, 3.63) is 53.7 Å². The summed E-state index contributed by atoms with van der Waals surface area (Å²) in [4.78, 5) is 40.7. The van der Waals surface area contributed by atoms with Crippen LogP contribution < -0.4 is 26.2 Å². The first kappa shape index (κ1) is 37.0. The molecule has 2 aromatic carbocycles. The van der Waals surface area contributed by atoms with Crippen LogP contribution in [0.2, 0.25) is 5.02 Å². The summed E-state index contributed by atoms with van der Waals surface area (Å²) in [7, 11) is -2.57. The Morgan fingerprint density at radius 3 is 2.34 bits per heavy atom. The predicted octanol–water partition coefficient (Wildman–Crippen LogP) is 6.35. The second-order valence-electron chi connectivity index (χ2n) is 13.8. The highest BCUT2D eigenvalue weighted by Gasteiger charge is 2.31. The number of benzene rings is 2. The molecule has 2 fully saturated rings. The molecule has 3 heterocycles. The number of para-hydroxylation sites is 1. The highest BCUT2D eigenvalue weighted by Crippen LogP contribution is 2.39. The molecule has 12 nitrogen and oxygen atoms in total. The molecule has 2 aliphatic heterocycles. The summed E-state index contributed by atoms with van der Waals surface area (Å²) in [5.41, 5.74) is 2.33. The molecule has 5 rings (SSSR count). The van der Waals surface area contributed by atoms with Crippen LogP contribution in [0.1, 0.15) is 40.5 Å². The number of hydrogen-bond acceptors (Lipinski definition) is 10. The Bertz CT molecular complexity index is 1820. The van der Waals surface area contributed by atoms with Gasteiger partial charge in [-0.1, -0.05) is 29.7 Å². The number of rotatable bonds is 8. The molecule has 0 atom stereocenters. The quantitative estimate of drug-likeness (QED) is 0.179. The van der Waals surface area contributed by atoms with E-state index >= 15 is 0 Å². The molecule has 0 spiro atoms. The second kappa shape index (κ2) is 15.7. The maximum atomic E-state index is 12.9. The van der Waals surface area contributed by atoms with Crippen LogP contribution in [0, 0.1) is 11.8 Å². The third kappa shape index (κ3) is 9.69. The summed E-state index contributed by atoms with van der Waals surface area (Å²) in [5.74, 6) is 5.48. The largest absolute Gasteiger partial charge is 0.444 e. The third-order valence-electron chi connectivity index (χ3n) is 8.51. The lowest BCUT2D eigenvalue weighted by Gasteiger charge is -2.43. The van der Waals surface area contributed by atoms with E-state index in [0.29, 0.717) is 52.3 Å². The highest BCUT2D eigenvalue weighted by atomic mass is 35.5. The molecule has 266 valence electrons. The number of hydrogen-bond donors (Lipinski definition) is 3. The molecule has 2 aliphatic rings. The van der Waals surface area contributed by atoms with E-state index in [1.54, 1.807) is 25.2 Å². The molecule has 2 amide bonds. The van der Waals surface area contributed by atoms with Gasteiger partial charge < -0.3 is 35.1 Å². The van der Waals surface area contributed by atoms with Crippen molar-refractivity contribution in [3.63, 3.8) is 0 Å². The van der Waals surface area contributed by atoms with E-state index in [4.69, 9.17) is 16.3 Å². The Morgan fingerprint density at radius 1 is 0.980 bits per heavy atom. The van der Waals surface area contributed by atoms with E-state index in [1.165, 1.54) is 6.20 Å². The zero-order valence-corrected chi connectivity index (χ0v) is 31.2. The lowest BCUT2D eigenvalue weighted by atomic mass is 10.0. The van der Waals surface area contributed by atoms with Gasteiger partial charge in [-0.2, -0.15) is 4.98 Å². The van der Waals surface area contributed by atoms with Crippen molar-refractivity contribution >= 4 is 70.6 Å². The van der Waals surface area contributed by atoms with E-state index in [1.807, 2.05) is 63.2 Å². The molecule has 0 unspecified atom stereocenters. The van der Waals surface area contributed by atoms with E-state index in [-0.39, 0.29) is 12.0 Å². The second-order valence-corrected chi connectivity index (χ2v) is 17.4. The average molecular weight is 721 g/mol. The molecule has 3 aromatic rings. The van der Waals surface area contributed by atoms with Crippen LogP contribution in [0.4, 0.5) is 39.3 Å². The molecule has 3 N–H and O–H groups in total. The number of aromatic nitrogens is 2. The Hall–Kier alpha value is -4.30. The number of amides is 2. The molecular formula is C36H46ClN8O4P. The first-order chi connectivity index (χ1) is 23.7. The first-order valence-corrected chi connectivity index (χ1v) is 19.7. The maximum Gasteiger partial charge on any atom is 0.410 e. The maximum absolute atomic E-state index is 12.9. The number of piperidine rings is 1. The topological polar surface area (TPSA) is 132 Å². The van der Waals surface area contributed by atoms with Gasteiger partial charge in [0.2, 0.25) is 5.95 Å². The summed E-state index contributed by atoms with van der Waals surface area (Å²) in [6, 6.07) is 13.5. The standard InChI is InChI=1S/C36H46ClN8O4P/c1-7-10-32(46)40-29-23-25(39-34-38-24-27(37)33(42-34)41-28-11-8-9-12-31(28)50(5,6)48)13-14-30(29)44-17-15-26(16-18-44)43-19-21-45(22-20-43)35(47)49-36(2,3)4/h8-9,11-14,23-24,26H,15-22H2,1-6H3,(H,40,46)(H2,38,39,41,42). The van der Waals surface area contributed by atoms with Gasteiger partial charge in [0.1, 0.15) is 17.8 Å². The van der Waals surface area contributed by atoms with Crippen LogP contribution in [0.15, 0.2) is 48.7 Å². The molecule has 50 heavy (non-hydrogen) atoms. The van der Waals surface area contributed by atoms with Crippen LogP contribution in [0.3, 0.4) is 0 Å². The number of nitrogens with zero attached hydrogens (tertiary/aromatic N) is 5. The minimum absolute atomic E-state index is 0.251. The van der Waals surface area contributed by atoms with Crippen molar-refractivity contribution in [1.29, 1.82) is 0 Å². The van der Waals surface area contributed by atoms with Gasteiger partial charge in [0.15, 0.2) is 5.82 Å². The number of ether oxygens (including phenoxy) is 1. The Balaban J connectivity index is 1.27. The lowest BCUT2D eigenvalue weighted by Crippen LogP contribution is -2.55. The number of carbonyl (C=O) groups is 2. The highest BCUT2D eigenvalue weighted by molar-refractivity contribution is 7.70. The first-order valence-electron chi connectivity index (χ1n) is 16.8. The molecule has 14 heteroatoms. The summed E-state index contributed by atoms with van der Waals surface area (Å²) in [6.45, 7) is 15.3. The van der Waals surface area contributed by atoms with Crippen LogP contribution in [-0.2, 0) is 14.1 Å². The van der Waals surface area contributed by atoms with E-state index in [9.17, 15) is 14.2 Å². The lowest BCUT2D eigenvalue weighted by molar-refractivity contribution is -0.111. The minimum atomic E-state index is -2.57. The van der Waals surface area contributed by atoms with Crippen LogP contribution in [0.25, 0.3) is 0 Å². The third-order valence-corrected chi connectivity index (χ3v) is 10.3. The summed E-state index contributed by atoms with van der Waals surface area (Å²) in [6.07, 6.45) is 3.16. The number of piperazine rings is 1. The SMILES string of the molecule is CC#CC(=O)Nc1cc(Nc2ncc(Cl)c(Nc3ccccc3P(C)(C)=O)n2)ccc1N1CCC(N2CCN(C(=O)OC(C)(C)C)CC2)CC1. The smallest absolute Gasteiger partial charge is 0.410 e. The Kier molecular flexibility index (Phi) is 11.6. The Labute approximate surface area is 299 Å². The number of carbonyl (C=O) groups excluding carboxylic acids is 2. The van der Waals surface area contributed by atoms with Crippen molar-refractivity contribution in [2.75, 3.05) is 73.4 Å². The van der Waals surface area contributed by atoms with Gasteiger partial charge >= 0.3 is 6.09 Å². The zero-order valence-electron chi connectivity index (χ0n) is 29.5. The van der Waals surface area contributed by atoms with E-state index in [0.717, 1.165) is 44.7 Å². The predicted molar refractivity (Wildman–Crippen MR) is 202 cm³/mol. The van der Waals surface area contributed by atoms with Crippen molar-refractivity contribution in [2.45, 2.75) is 52.2 Å². The Morgan fingerprint density at radius 2 is 1.68 bits per heavy atom. The number of anilines is 6. The summed E-state index contributed by atoms with van der Waals surface area (Å²) >= 11 is 6.46. The molecule has 0 aliphatic carbocycles. The van der Waals surface area contributed by atoms with Gasteiger partial charge in [-0.25, -0.2) is 9.78 Å². The fourth-order valence-corrected chi connectivity index (χ4v) is 7.44. The zero-order chi connectivity index (χ0) is 36.1.